The van der Waals surface area contributed by atoms with Gasteiger partial charge in [-0.3, -0.25) is 43.3 Å². The van der Waals surface area contributed by atoms with Crippen LogP contribution in [-0.2, 0) is 54.3 Å². The third kappa shape index (κ3) is 8.59. The Hall–Kier alpha value is -4.75. The molecule has 2 heterocycles. The molecule has 1 aromatic rings. The van der Waals surface area contributed by atoms with Gasteiger partial charge in [0.2, 0.25) is 29.5 Å². The number of amides is 5. The quantitative estimate of drug-likeness (QED) is 0.116. The van der Waals surface area contributed by atoms with Crippen LogP contribution in [0.3, 0.4) is 0 Å². The van der Waals surface area contributed by atoms with Gasteiger partial charge in [0, 0.05) is 53.7 Å². The van der Waals surface area contributed by atoms with Crippen molar-refractivity contribution in [1.82, 2.24) is 20.9 Å². The van der Waals surface area contributed by atoms with Crippen LogP contribution < -0.4 is 16.0 Å². The van der Waals surface area contributed by atoms with E-state index in [0.29, 0.717) is 25.7 Å². The van der Waals surface area contributed by atoms with Gasteiger partial charge in [0.1, 0.15) is 12.6 Å². The summed E-state index contributed by atoms with van der Waals surface area (Å²) in [5, 5.41) is 39.5. The molecule has 17 nitrogen and oxygen atoms in total. The second-order valence-corrected chi connectivity index (χ2v) is 23.7. The third-order valence-electron chi connectivity index (χ3n) is 17.1. The summed E-state index contributed by atoms with van der Waals surface area (Å²) in [5.74, 6) is -4.16. The second kappa shape index (κ2) is 18.1. The Kier molecular flexibility index (Phi) is 12.9. The number of Topliss-reactive ketones (excluding diaryl/α,β-unsaturated/α-hetero) is 1. The average Bonchev–Trinajstić information content (AvgIpc) is 3.87. The van der Waals surface area contributed by atoms with Gasteiger partial charge >= 0.3 is 5.97 Å². The number of nitrogens with zero attached hydrogens (tertiary/aromatic N) is 1. The van der Waals surface area contributed by atoms with Crippen molar-refractivity contribution in [3.63, 3.8) is 0 Å². The highest BCUT2D eigenvalue weighted by atomic mass is 32.2. The highest BCUT2D eigenvalue weighted by molar-refractivity contribution is 8.01. The summed E-state index contributed by atoms with van der Waals surface area (Å²) in [7, 11) is 0. The molecule has 6 saturated carbocycles. The van der Waals surface area contributed by atoms with Crippen molar-refractivity contribution in [3.05, 3.63) is 59.2 Å². The number of fused-ring (bicyclic) bond motifs is 7. The van der Waals surface area contributed by atoms with E-state index >= 15 is 0 Å². The predicted molar refractivity (Wildman–Crippen MR) is 248 cm³/mol. The second-order valence-electron chi connectivity index (χ2n) is 21.9. The molecule has 372 valence electrons. The Morgan fingerprint density at radius 1 is 1.00 bits per heavy atom. The van der Waals surface area contributed by atoms with Crippen molar-refractivity contribution in [3.8, 4) is 0 Å². The smallest absolute Gasteiger partial charge is 0.303 e. The van der Waals surface area contributed by atoms with Crippen LogP contribution in [0.2, 0.25) is 0 Å². The maximum Gasteiger partial charge on any atom is 0.303 e. The van der Waals surface area contributed by atoms with Gasteiger partial charge in [-0.05, 0) is 98.0 Å². The minimum absolute atomic E-state index is 0.0165. The number of likely N-dealkylation sites (tertiary alicyclic amines) is 1. The Morgan fingerprint density at radius 3 is 2.41 bits per heavy atom. The number of nitrogens with one attached hydrogen (secondary N) is 3. The molecule has 2 aliphatic heterocycles. The van der Waals surface area contributed by atoms with Gasteiger partial charge < -0.3 is 40.7 Å². The number of carbonyl (C=O) groups is 8. The number of rotatable bonds is 18. The maximum absolute atomic E-state index is 14.0. The molecule has 8 fully saturated rings. The van der Waals surface area contributed by atoms with E-state index in [1.807, 2.05) is 51.1 Å². The van der Waals surface area contributed by atoms with Crippen LogP contribution in [0.15, 0.2) is 48.1 Å². The fourth-order valence-electron chi connectivity index (χ4n) is 14.3. The Bertz CT molecular complexity index is 2380. The van der Waals surface area contributed by atoms with Crippen LogP contribution in [0, 0.1) is 34.0 Å². The molecule has 1 aromatic carbocycles. The van der Waals surface area contributed by atoms with Crippen LogP contribution in [0.4, 0.5) is 0 Å². The van der Waals surface area contributed by atoms with E-state index in [1.54, 1.807) is 12.2 Å². The molecule has 6 N–H and O–H groups in total. The molecule has 9 aliphatic rings. The number of imide groups is 1. The minimum atomic E-state index is -1.45. The maximum atomic E-state index is 14.0. The molecular weight excluding hydrogens is 909 g/mol. The zero-order chi connectivity index (χ0) is 49.4. The molecular formula is C51H64N4O13S. The number of aliphatic carboxylic acids is 1. The fourth-order valence-corrected chi connectivity index (χ4v) is 15.5. The van der Waals surface area contributed by atoms with Gasteiger partial charge in [0.25, 0.3) is 0 Å². The molecule has 69 heavy (non-hydrogen) atoms. The summed E-state index contributed by atoms with van der Waals surface area (Å²) in [6, 6.07) is 6.70. The largest absolute Gasteiger partial charge is 0.481 e. The zero-order valence-electron chi connectivity index (χ0n) is 39.6. The van der Waals surface area contributed by atoms with E-state index in [2.05, 4.69) is 22.9 Å². The van der Waals surface area contributed by atoms with Crippen molar-refractivity contribution in [1.29, 1.82) is 0 Å². The van der Waals surface area contributed by atoms with Gasteiger partial charge in [-0.1, -0.05) is 63.6 Å². The van der Waals surface area contributed by atoms with E-state index in [0.717, 1.165) is 40.9 Å². The van der Waals surface area contributed by atoms with Gasteiger partial charge in [-0.25, -0.2) is 0 Å². The molecule has 2 saturated heterocycles. The first kappa shape index (κ1) is 49.2. The summed E-state index contributed by atoms with van der Waals surface area (Å²) in [6.45, 7) is 6.66. The molecule has 0 spiro atoms. The standard InChI is InChI=1S/C51H64N4O13S/c1-27(2)69-36-19-41(62)55(45(36)66)16-14-39(60)52-22-40(61)53-34(11-12-42(63)64)44(65)54-50-24-49(25-50,26-50)20-28-5-7-29(8-6-28)46-67-38-18-33-32-10-9-30-17-31(57)13-15-47(30,3)43(32)35(58)21-48(33,4)51(38,68-46)37(59)23-56/h5-8,13,15,17,27,32-36,38,43,46,56,58H,9-12,14,16,18-26H2,1-4H3,(H,52,60)(H,53,61)(H,54,65)(H,63,64)/t32-,33-,34-,35-,36?,38+,43+,46+,47-,48-,49?,50?,51+/m0/s1. The van der Waals surface area contributed by atoms with Crippen LogP contribution in [0.25, 0.3) is 0 Å². The van der Waals surface area contributed by atoms with E-state index in [-0.39, 0.29) is 84.7 Å². The van der Waals surface area contributed by atoms with Crippen LogP contribution >= 0.6 is 11.8 Å². The van der Waals surface area contributed by atoms with E-state index in [9.17, 15) is 53.7 Å². The van der Waals surface area contributed by atoms with Crippen molar-refractivity contribution >= 4 is 58.8 Å². The first-order valence-corrected chi connectivity index (χ1v) is 25.4. The Balaban J connectivity index is 0.769. The summed E-state index contributed by atoms with van der Waals surface area (Å²) >= 11 is 1.40. The minimum Gasteiger partial charge on any atom is -0.481 e. The van der Waals surface area contributed by atoms with E-state index in [4.69, 9.17) is 9.47 Å². The van der Waals surface area contributed by atoms with Gasteiger partial charge in [-0.2, -0.15) is 0 Å². The van der Waals surface area contributed by atoms with E-state index in [1.165, 1.54) is 11.8 Å². The number of benzene rings is 1. The molecule has 1 unspecified atom stereocenters. The zero-order valence-corrected chi connectivity index (χ0v) is 40.4. The number of hydrogen-bond acceptors (Lipinski definition) is 13. The van der Waals surface area contributed by atoms with Crippen molar-refractivity contribution in [2.75, 3.05) is 19.7 Å². The Labute approximate surface area is 405 Å². The van der Waals surface area contributed by atoms with Crippen LogP contribution in [-0.4, -0.2) is 127 Å². The Morgan fingerprint density at radius 2 is 1.72 bits per heavy atom. The lowest BCUT2D eigenvalue weighted by Gasteiger charge is -2.71. The molecule has 11 atom stereocenters. The lowest BCUT2D eigenvalue weighted by atomic mass is 9.38. The molecule has 0 radical (unpaired) electrons. The van der Waals surface area contributed by atoms with Crippen molar-refractivity contribution < 1.29 is 63.1 Å². The molecule has 7 aliphatic carbocycles. The predicted octanol–water partition coefficient (Wildman–Crippen LogP) is 3.00. The van der Waals surface area contributed by atoms with Gasteiger partial charge in [-0.15, -0.1) is 11.8 Å². The number of ketones is 2. The fraction of sp³-hybridized carbons (Fsp3) is 0.647. The third-order valence-corrected chi connectivity index (χ3v) is 18.3. The first-order valence-electron chi connectivity index (χ1n) is 24.4. The summed E-state index contributed by atoms with van der Waals surface area (Å²) < 4.78 is 13.4. The lowest BCUT2D eigenvalue weighted by Crippen LogP contribution is -2.76. The molecule has 18 heteroatoms. The molecule has 10 rings (SSSR count). The molecule has 5 amide bonds. The van der Waals surface area contributed by atoms with Gasteiger partial charge in [0.15, 0.2) is 23.5 Å². The normalized spacial score (nSPS) is 37.4. The summed E-state index contributed by atoms with van der Waals surface area (Å²) in [4.78, 5) is 103. The lowest BCUT2D eigenvalue weighted by molar-refractivity contribution is -0.201. The number of carboxylic acid groups (broad SMARTS) is 1. The number of aliphatic hydroxyl groups excluding tert-OH is 2. The summed E-state index contributed by atoms with van der Waals surface area (Å²) in [6.07, 6.45) is 7.52. The average molecular weight is 973 g/mol. The number of thioether (sulfide) groups is 1. The van der Waals surface area contributed by atoms with Crippen molar-refractivity contribution in [2.45, 2.75) is 151 Å². The van der Waals surface area contributed by atoms with Crippen LogP contribution in [0.5, 0.6) is 0 Å². The number of carbonyl (C=O) groups excluding carboxylic acids is 7. The summed E-state index contributed by atoms with van der Waals surface area (Å²) in [5.41, 5.74) is -0.440. The van der Waals surface area contributed by atoms with Crippen LogP contribution in [0.1, 0.15) is 116 Å². The molecule has 0 aromatic heterocycles. The number of hydrogen-bond donors (Lipinski definition) is 6. The number of allylic oxidation sites excluding steroid dienone is 4. The van der Waals surface area contributed by atoms with Gasteiger partial charge in [0.05, 0.1) is 24.0 Å². The van der Waals surface area contributed by atoms with Crippen molar-refractivity contribution in [2.24, 2.45) is 34.0 Å². The highest BCUT2D eigenvalue weighted by Gasteiger charge is 2.76. The van der Waals surface area contributed by atoms with E-state index < -0.39 is 94.4 Å². The highest BCUT2D eigenvalue weighted by Crippen LogP contribution is 2.71. The monoisotopic (exact) mass is 972 g/mol. The number of aliphatic hydroxyl groups is 2. The first-order chi connectivity index (χ1) is 32.6. The SMILES string of the molecule is CC(C)SC1CC(=O)N(CCC(=O)NCC(=O)N[C@@H](CCC(=O)O)C(=O)NC23CC(Cc4ccc([C@@H]5O[C@@H]6C[C@H]7[C@@H]8CCC9=CC(=O)C=C[C@]9(C)[C@H]8[C@@H](O)C[C@]7(C)[C@]6(C(=O)CO)O5)cc4)(C2)C3)C1=O. The number of carboxylic acids is 1. The topological polar surface area (TPSA) is 255 Å². The molecule has 2 bridgehead atoms. The number of ether oxygens (including phenoxy) is 2.